The number of fused-ring (bicyclic) bond motifs is 1. The fraction of sp³-hybridized carbons (Fsp3) is 0.200. The smallest absolute Gasteiger partial charge is 0.326 e. The second-order valence-electron chi connectivity index (χ2n) is 4.90. The number of benzene rings is 1. The minimum atomic E-state index is -0.966. The lowest BCUT2D eigenvalue weighted by molar-refractivity contribution is -0.142. The number of thiophene rings is 1. The summed E-state index contributed by atoms with van der Waals surface area (Å²) < 4.78 is 0.857. The van der Waals surface area contributed by atoms with Crippen LogP contribution < -0.4 is 0 Å². The van der Waals surface area contributed by atoms with Gasteiger partial charge in [-0.05, 0) is 33.1 Å². The van der Waals surface area contributed by atoms with Crippen LogP contribution in [-0.4, -0.2) is 27.9 Å². The molecule has 1 aliphatic heterocycles. The summed E-state index contributed by atoms with van der Waals surface area (Å²) in [6, 6.07) is 8.58. The number of carbonyl (C=O) groups is 2. The van der Waals surface area contributed by atoms with E-state index in [4.69, 9.17) is 0 Å². The number of hydrogen-bond donors (Lipinski definition) is 1. The number of amides is 1. The van der Waals surface area contributed by atoms with Crippen molar-refractivity contribution < 1.29 is 14.7 Å². The first-order valence-electron chi connectivity index (χ1n) is 6.41. The minimum Gasteiger partial charge on any atom is -0.480 e. The van der Waals surface area contributed by atoms with E-state index in [1.54, 1.807) is 11.4 Å². The molecule has 1 atom stereocenters. The number of aliphatic carboxylic acids is 1. The number of hydrogen-bond acceptors (Lipinski definition) is 3. The van der Waals surface area contributed by atoms with E-state index in [1.165, 1.54) is 16.2 Å². The van der Waals surface area contributed by atoms with Crippen molar-refractivity contribution in [1.82, 2.24) is 4.90 Å². The maximum atomic E-state index is 12.6. The van der Waals surface area contributed by atoms with Crippen LogP contribution in [0.2, 0.25) is 0 Å². The van der Waals surface area contributed by atoms with E-state index in [0.29, 0.717) is 18.5 Å². The van der Waals surface area contributed by atoms with Crippen molar-refractivity contribution in [2.24, 2.45) is 0 Å². The highest BCUT2D eigenvalue weighted by molar-refractivity contribution is 9.11. The maximum absolute atomic E-state index is 12.6. The Hall–Kier alpha value is -1.66. The van der Waals surface area contributed by atoms with Gasteiger partial charge < -0.3 is 10.0 Å². The summed E-state index contributed by atoms with van der Waals surface area (Å²) in [6.45, 7) is 0.333. The van der Waals surface area contributed by atoms with Crippen molar-refractivity contribution in [3.63, 3.8) is 0 Å². The molecule has 21 heavy (non-hydrogen) atoms. The molecular weight excluding hydrogens is 354 g/mol. The van der Waals surface area contributed by atoms with Gasteiger partial charge in [0, 0.05) is 18.3 Å². The van der Waals surface area contributed by atoms with Gasteiger partial charge in [-0.15, -0.1) is 11.3 Å². The highest BCUT2D eigenvalue weighted by Gasteiger charge is 2.35. The Balaban J connectivity index is 1.96. The zero-order valence-corrected chi connectivity index (χ0v) is 13.4. The number of nitrogens with zero attached hydrogens (tertiary/aromatic N) is 1. The van der Waals surface area contributed by atoms with Crippen LogP contribution in [0.15, 0.2) is 39.5 Å². The highest BCUT2D eigenvalue weighted by Crippen LogP contribution is 2.27. The van der Waals surface area contributed by atoms with Crippen molar-refractivity contribution in [3.05, 3.63) is 56.2 Å². The molecule has 1 unspecified atom stereocenters. The molecule has 1 aromatic carbocycles. The van der Waals surface area contributed by atoms with E-state index >= 15 is 0 Å². The first-order valence-corrected chi connectivity index (χ1v) is 8.08. The quantitative estimate of drug-likeness (QED) is 0.888. The van der Waals surface area contributed by atoms with E-state index in [0.717, 1.165) is 14.9 Å². The number of halogens is 1. The van der Waals surface area contributed by atoms with E-state index in [-0.39, 0.29) is 5.91 Å². The lowest BCUT2D eigenvalue weighted by Gasteiger charge is -2.34. The first kappa shape index (κ1) is 14.3. The molecule has 6 heteroatoms. The van der Waals surface area contributed by atoms with Gasteiger partial charge in [0.05, 0.1) is 9.35 Å². The van der Waals surface area contributed by atoms with Crippen molar-refractivity contribution >= 4 is 39.1 Å². The summed E-state index contributed by atoms with van der Waals surface area (Å²) in [4.78, 5) is 25.5. The van der Waals surface area contributed by atoms with Gasteiger partial charge in [-0.3, -0.25) is 4.79 Å². The summed E-state index contributed by atoms with van der Waals surface area (Å²) in [6.07, 6.45) is 0.350. The van der Waals surface area contributed by atoms with Crippen molar-refractivity contribution in [2.75, 3.05) is 0 Å². The summed E-state index contributed by atoms with van der Waals surface area (Å²) in [5.41, 5.74) is 2.54. The summed E-state index contributed by atoms with van der Waals surface area (Å²) >= 11 is 4.74. The molecule has 1 N–H and O–H groups in total. The second kappa shape index (κ2) is 5.61. The largest absolute Gasteiger partial charge is 0.480 e. The van der Waals surface area contributed by atoms with Gasteiger partial charge >= 0.3 is 5.97 Å². The van der Waals surface area contributed by atoms with Gasteiger partial charge in [0.25, 0.3) is 5.91 Å². The second-order valence-corrected chi connectivity index (χ2v) is 7.19. The summed E-state index contributed by atoms with van der Waals surface area (Å²) in [5, 5.41) is 11.2. The van der Waals surface area contributed by atoms with Crippen molar-refractivity contribution in [1.29, 1.82) is 0 Å². The third kappa shape index (κ3) is 2.73. The first-order chi connectivity index (χ1) is 10.1. The molecular formula is C15H12BrNO3S. The standard InChI is InChI=1S/C15H12BrNO3S/c16-13-6-11(8-21-13)14(18)17-7-10-4-2-1-3-9(10)5-12(17)15(19)20/h1-4,6,8,12H,5,7H2,(H,19,20). The molecule has 0 fully saturated rings. The molecule has 108 valence electrons. The third-order valence-corrected chi connectivity index (χ3v) is 5.11. The normalized spacial score (nSPS) is 17.4. The zero-order chi connectivity index (χ0) is 15.0. The minimum absolute atomic E-state index is 0.237. The van der Waals surface area contributed by atoms with Crippen LogP contribution in [0.3, 0.4) is 0 Å². The van der Waals surface area contributed by atoms with Crippen molar-refractivity contribution in [3.8, 4) is 0 Å². The maximum Gasteiger partial charge on any atom is 0.326 e. The van der Waals surface area contributed by atoms with Crippen LogP contribution in [0, 0.1) is 0 Å². The van der Waals surface area contributed by atoms with Crippen LogP contribution in [0.5, 0.6) is 0 Å². The molecule has 4 nitrogen and oxygen atoms in total. The predicted octanol–water partition coefficient (Wildman–Crippen LogP) is 3.16. The van der Waals surface area contributed by atoms with Crippen molar-refractivity contribution in [2.45, 2.75) is 19.0 Å². The fourth-order valence-electron chi connectivity index (χ4n) is 2.55. The molecule has 0 spiro atoms. The van der Waals surface area contributed by atoms with Gasteiger partial charge in [-0.2, -0.15) is 0 Å². The third-order valence-electron chi connectivity index (χ3n) is 3.61. The summed E-state index contributed by atoms with van der Waals surface area (Å²) in [5.74, 6) is -1.20. The number of rotatable bonds is 2. The average molecular weight is 366 g/mol. The zero-order valence-electron chi connectivity index (χ0n) is 11.0. The molecule has 3 rings (SSSR count). The molecule has 0 saturated heterocycles. The molecule has 2 aromatic rings. The Morgan fingerprint density at radius 3 is 2.62 bits per heavy atom. The molecule has 0 bridgehead atoms. The molecule has 1 aliphatic rings. The van der Waals surface area contributed by atoms with Gasteiger partial charge in [-0.25, -0.2) is 4.79 Å². The fourth-order valence-corrected chi connectivity index (χ4v) is 3.68. The molecule has 1 aromatic heterocycles. The molecule has 0 aliphatic carbocycles. The monoisotopic (exact) mass is 365 g/mol. The Bertz CT molecular complexity index is 712. The highest BCUT2D eigenvalue weighted by atomic mass is 79.9. The molecule has 2 heterocycles. The Labute approximate surface area is 134 Å². The molecule has 0 saturated carbocycles. The van der Waals surface area contributed by atoms with Gasteiger partial charge in [0.1, 0.15) is 6.04 Å². The van der Waals surface area contributed by atoms with E-state index in [2.05, 4.69) is 15.9 Å². The van der Waals surface area contributed by atoms with Crippen LogP contribution >= 0.6 is 27.3 Å². The van der Waals surface area contributed by atoms with Gasteiger partial charge in [0.2, 0.25) is 0 Å². The van der Waals surface area contributed by atoms with E-state index in [9.17, 15) is 14.7 Å². The topological polar surface area (TPSA) is 57.6 Å². The molecule has 1 amide bonds. The lowest BCUT2D eigenvalue weighted by atomic mass is 9.93. The number of carbonyl (C=O) groups excluding carboxylic acids is 1. The Morgan fingerprint density at radius 1 is 1.29 bits per heavy atom. The number of carboxylic acids is 1. The lowest BCUT2D eigenvalue weighted by Crippen LogP contribution is -2.48. The average Bonchev–Trinajstić information content (AvgIpc) is 2.91. The summed E-state index contributed by atoms with van der Waals surface area (Å²) in [7, 11) is 0. The SMILES string of the molecule is O=C(O)C1Cc2ccccc2CN1C(=O)c1csc(Br)c1. The Kier molecular flexibility index (Phi) is 3.82. The van der Waals surface area contributed by atoms with E-state index < -0.39 is 12.0 Å². The number of carboxylic acid groups (broad SMARTS) is 1. The predicted molar refractivity (Wildman–Crippen MR) is 83.5 cm³/mol. The van der Waals surface area contributed by atoms with Crippen LogP contribution in [0.1, 0.15) is 21.5 Å². The van der Waals surface area contributed by atoms with Gasteiger partial charge in [0.15, 0.2) is 0 Å². The van der Waals surface area contributed by atoms with Crippen LogP contribution in [0.25, 0.3) is 0 Å². The van der Waals surface area contributed by atoms with E-state index in [1.807, 2.05) is 24.3 Å². The van der Waals surface area contributed by atoms with Crippen LogP contribution in [0.4, 0.5) is 0 Å². The Morgan fingerprint density at radius 2 is 2.00 bits per heavy atom. The molecule has 0 radical (unpaired) electrons. The van der Waals surface area contributed by atoms with Gasteiger partial charge in [-0.1, -0.05) is 24.3 Å². The van der Waals surface area contributed by atoms with Crippen LogP contribution in [-0.2, 0) is 17.8 Å².